The summed E-state index contributed by atoms with van der Waals surface area (Å²) in [6.45, 7) is 4.76. The van der Waals surface area contributed by atoms with E-state index < -0.39 is 23.5 Å². The van der Waals surface area contributed by atoms with Crippen LogP contribution in [0.25, 0.3) is 5.76 Å². The van der Waals surface area contributed by atoms with Gasteiger partial charge in [-0.2, -0.15) is 0 Å². The number of aliphatic hydroxyl groups excluding tert-OH is 1. The second-order valence-electron chi connectivity index (χ2n) is 7.76. The summed E-state index contributed by atoms with van der Waals surface area (Å²) >= 11 is 0. The van der Waals surface area contributed by atoms with E-state index in [0.29, 0.717) is 30.1 Å². The van der Waals surface area contributed by atoms with Crippen LogP contribution in [-0.2, 0) is 14.3 Å². The third-order valence-corrected chi connectivity index (χ3v) is 5.65. The summed E-state index contributed by atoms with van der Waals surface area (Å²) in [6.07, 6.45) is 3.10. The lowest BCUT2D eigenvalue weighted by molar-refractivity contribution is -0.140. The van der Waals surface area contributed by atoms with Crippen LogP contribution in [0.2, 0.25) is 0 Å². The van der Waals surface area contributed by atoms with Gasteiger partial charge in [0.15, 0.2) is 0 Å². The Kier molecular flexibility index (Phi) is 6.37. The molecular formula is C25H24FNO5. The molecule has 166 valence electrons. The molecule has 32 heavy (non-hydrogen) atoms. The van der Waals surface area contributed by atoms with Gasteiger partial charge in [-0.1, -0.05) is 24.8 Å². The van der Waals surface area contributed by atoms with Gasteiger partial charge < -0.3 is 19.5 Å². The average Bonchev–Trinajstić information content (AvgIpc) is 3.41. The molecule has 2 atom stereocenters. The number of aliphatic hydroxyl groups is 1. The number of carbonyl (C=O) groups is 2. The lowest BCUT2D eigenvalue weighted by Gasteiger charge is -2.27. The summed E-state index contributed by atoms with van der Waals surface area (Å²) in [5, 5.41) is 11.1. The zero-order valence-electron chi connectivity index (χ0n) is 17.5. The van der Waals surface area contributed by atoms with Crippen LogP contribution in [0.3, 0.4) is 0 Å². The molecule has 2 aliphatic rings. The first kappa shape index (κ1) is 21.8. The molecule has 4 rings (SSSR count). The molecule has 0 radical (unpaired) electrons. The average molecular weight is 437 g/mol. The van der Waals surface area contributed by atoms with Crippen molar-refractivity contribution in [2.75, 3.05) is 19.8 Å². The first-order chi connectivity index (χ1) is 15.5. The predicted octanol–water partition coefficient (Wildman–Crippen LogP) is 3.99. The van der Waals surface area contributed by atoms with Gasteiger partial charge >= 0.3 is 0 Å². The Labute approximate surface area is 185 Å². The van der Waals surface area contributed by atoms with E-state index in [9.17, 15) is 19.1 Å². The SMILES string of the molecule is C=CCOc1ccc(C(O)=C2C(=O)C(=O)N(C[C@H]3CCCO3)[C@H]2c2ccc(F)cc2)cc1. The standard InChI is InChI=1S/C25H24FNO5/c1-2-13-31-19-11-7-17(8-12-19)23(28)21-22(16-5-9-18(26)10-6-16)27(25(30)24(21)29)15-20-4-3-14-32-20/h2,5-12,20,22,28H,1,3-4,13-15H2/t20-,22+/m1/s1. The molecule has 6 nitrogen and oxygen atoms in total. The number of hydrogen-bond donors (Lipinski definition) is 1. The van der Waals surface area contributed by atoms with Crippen LogP contribution in [-0.4, -0.2) is 47.6 Å². The molecule has 2 saturated heterocycles. The molecule has 0 unspecified atom stereocenters. The lowest BCUT2D eigenvalue weighted by Crippen LogP contribution is -2.36. The van der Waals surface area contributed by atoms with Crippen molar-refractivity contribution in [2.45, 2.75) is 25.0 Å². The molecule has 7 heteroatoms. The van der Waals surface area contributed by atoms with Crippen molar-refractivity contribution in [3.05, 3.63) is 83.7 Å². The van der Waals surface area contributed by atoms with E-state index in [2.05, 4.69) is 6.58 Å². The van der Waals surface area contributed by atoms with Gasteiger partial charge in [0.2, 0.25) is 0 Å². The van der Waals surface area contributed by atoms with Gasteiger partial charge in [0.25, 0.3) is 11.7 Å². The Morgan fingerprint density at radius 1 is 1.19 bits per heavy atom. The van der Waals surface area contributed by atoms with Crippen molar-refractivity contribution >= 4 is 17.4 Å². The normalized spacial score (nSPS) is 22.3. The van der Waals surface area contributed by atoms with Crippen LogP contribution in [0.1, 0.15) is 30.0 Å². The van der Waals surface area contributed by atoms with Crippen molar-refractivity contribution in [1.82, 2.24) is 4.90 Å². The Morgan fingerprint density at radius 2 is 1.91 bits per heavy atom. The molecule has 2 fully saturated rings. The molecule has 2 heterocycles. The molecular weight excluding hydrogens is 413 g/mol. The summed E-state index contributed by atoms with van der Waals surface area (Å²) in [6, 6.07) is 11.3. The second-order valence-corrected chi connectivity index (χ2v) is 7.76. The van der Waals surface area contributed by atoms with Crippen molar-refractivity contribution in [2.24, 2.45) is 0 Å². The summed E-state index contributed by atoms with van der Waals surface area (Å²) in [5.74, 6) is -1.62. The van der Waals surface area contributed by atoms with Crippen LogP contribution in [0.15, 0.2) is 66.8 Å². The number of amides is 1. The minimum Gasteiger partial charge on any atom is -0.507 e. The Balaban J connectivity index is 1.74. The number of ether oxygens (including phenoxy) is 2. The highest BCUT2D eigenvalue weighted by molar-refractivity contribution is 6.46. The topological polar surface area (TPSA) is 76.1 Å². The Hall–Kier alpha value is -3.45. The molecule has 2 aromatic carbocycles. The third-order valence-electron chi connectivity index (χ3n) is 5.65. The lowest BCUT2D eigenvalue weighted by atomic mass is 9.95. The highest BCUT2D eigenvalue weighted by Gasteiger charge is 2.47. The number of halogens is 1. The smallest absolute Gasteiger partial charge is 0.295 e. The van der Waals surface area contributed by atoms with Gasteiger partial charge in [-0.25, -0.2) is 4.39 Å². The Bertz CT molecular complexity index is 1040. The van der Waals surface area contributed by atoms with E-state index in [0.717, 1.165) is 12.8 Å². The number of ketones is 1. The van der Waals surface area contributed by atoms with E-state index in [1.54, 1.807) is 30.3 Å². The van der Waals surface area contributed by atoms with Crippen molar-refractivity contribution in [1.29, 1.82) is 0 Å². The number of likely N-dealkylation sites (tertiary alicyclic amines) is 1. The van der Waals surface area contributed by atoms with E-state index in [1.807, 2.05) is 0 Å². The molecule has 0 aliphatic carbocycles. The quantitative estimate of drug-likeness (QED) is 0.307. The highest BCUT2D eigenvalue weighted by atomic mass is 19.1. The van der Waals surface area contributed by atoms with Gasteiger partial charge in [0.05, 0.1) is 17.7 Å². The van der Waals surface area contributed by atoms with Gasteiger partial charge in [-0.05, 0) is 54.8 Å². The maximum atomic E-state index is 13.6. The number of hydrogen-bond acceptors (Lipinski definition) is 5. The van der Waals surface area contributed by atoms with E-state index >= 15 is 0 Å². The largest absolute Gasteiger partial charge is 0.507 e. The fraction of sp³-hybridized carbons (Fsp3) is 0.280. The minimum absolute atomic E-state index is 0.0284. The molecule has 1 amide bonds. The molecule has 0 spiro atoms. The summed E-state index contributed by atoms with van der Waals surface area (Å²) in [5.41, 5.74) is 0.883. The van der Waals surface area contributed by atoms with Crippen LogP contribution in [0.4, 0.5) is 4.39 Å². The summed E-state index contributed by atoms with van der Waals surface area (Å²) in [4.78, 5) is 27.4. The third kappa shape index (κ3) is 4.29. The van der Waals surface area contributed by atoms with E-state index in [1.165, 1.54) is 29.2 Å². The fourth-order valence-corrected chi connectivity index (χ4v) is 4.09. The van der Waals surface area contributed by atoms with Gasteiger partial charge in [0.1, 0.15) is 23.9 Å². The maximum absolute atomic E-state index is 13.6. The number of rotatable bonds is 7. The van der Waals surface area contributed by atoms with Gasteiger partial charge in [0, 0.05) is 18.7 Å². The first-order valence-corrected chi connectivity index (χ1v) is 10.5. The number of Topliss-reactive ketones (excluding diaryl/α,β-unsaturated/α-hetero) is 1. The van der Waals surface area contributed by atoms with E-state index in [-0.39, 0.29) is 24.0 Å². The van der Waals surface area contributed by atoms with Crippen LogP contribution >= 0.6 is 0 Å². The number of benzene rings is 2. The van der Waals surface area contributed by atoms with Gasteiger partial charge in [-0.15, -0.1) is 0 Å². The summed E-state index contributed by atoms with van der Waals surface area (Å²) in [7, 11) is 0. The molecule has 2 aromatic rings. The zero-order chi connectivity index (χ0) is 22.7. The van der Waals surface area contributed by atoms with Crippen LogP contribution in [0.5, 0.6) is 5.75 Å². The molecule has 2 aliphatic heterocycles. The molecule has 0 bridgehead atoms. The van der Waals surface area contributed by atoms with Crippen molar-refractivity contribution in [3.63, 3.8) is 0 Å². The zero-order valence-corrected chi connectivity index (χ0v) is 17.5. The van der Waals surface area contributed by atoms with Crippen molar-refractivity contribution < 1.29 is 28.6 Å². The first-order valence-electron chi connectivity index (χ1n) is 10.5. The molecule has 1 N–H and O–H groups in total. The molecule has 0 aromatic heterocycles. The Morgan fingerprint density at radius 3 is 2.53 bits per heavy atom. The predicted molar refractivity (Wildman–Crippen MR) is 117 cm³/mol. The van der Waals surface area contributed by atoms with Gasteiger partial charge in [-0.3, -0.25) is 9.59 Å². The van der Waals surface area contributed by atoms with E-state index in [4.69, 9.17) is 9.47 Å². The fourth-order valence-electron chi connectivity index (χ4n) is 4.09. The summed E-state index contributed by atoms with van der Waals surface area (Å²) < 4.78 is 24.7. The second kappa shape index (κ2) is 9.36. The number of carbonyl (C=O) groups excluding carboxylic acids is 2. The highest BCUT2D eigenvalue weighted by Crippen LogP contribution is 2.40. The molecule has 0 saturated carbocycles. The minimum atomic E-state index is -0.837. The monoisotopic (exact) mass is 437 g/mol. The van der Waals surface area contributed by atoms with Crippen molar-refractivity contribution in [3.8, 4) is 5.75 Å². The van der Waals surface area contributed by atoms with Crippen LogP contribution in [0, 0.1) is 5.82 Å². The number of nitrogens with zero attached hydrogens (tertiary/aromatic N) is 1. The van der Waals surface area contributed by atoms with Crippen LogP contribution < -0.4 is 4.74 Å². The maximum Gasteiger partial charge on any atom is 0.295 e.